The van der Waals surface area contributed by atoms with Gasteiger partial charge in [-0.3, -0.25) is 4.79 Å². The van der Waals surface area contributed by atoms with E-state index in [4.69, 9.17) is 23.2 Å². The number of allylic oxidation sites excluding steroid dienone is 1. The number of hydrogen-bond donors (Lipinski definition) is 1. The average Bonchev–Trinajstić information content (AvgIpc) is 3.27. The van der Waals surface area contributed by atoms with Gasteiger partial charge in [0.05, 0.1) is 5.56 Å². The Morgan fingerprint density at radius 2 is 1.86 bits per heavy atom. The lowest BCUT2D eigenvalue weighted by Gasteiger charge is -2.05. The summed E-state index contributed by atoms with van der Waals surface area (Å²) in [6.45, 7) is 1.97. The molecular weight excluding hydrogens is 427 g/mol. The van der Waals surface area contributed by atoms with Crippen molar-refractivity contribution in [3.63, 3.8) is 0 Å². The molecule has 0 unspecified atom stereocenters. The number of benzene rings is 2. The van der Waals surface area contributed by atoms with Crippen LogP contribution in [-0.2, 0) is 17.6 Å². The van der Waals surface area contributed by atoms with Crippen LogP contribution in [0.1, 0.15) is 32.6 Å². The lowest BCUT2D eigenvalue weighted by atomic mass is 9.98. The van der Waals surface area contributed by atoms with Gasteiger partial charge in [0.15, 0.2) is 5.78 Å². The second-order valence-corrected chi connectivity index (χ2v) is 8.77. The number of carbonyl (C=O) groups excluding carboxylic acids is 1. The molecule has 1 N–H and O–H groups in total. The van der Waals surface area contributed by atoms with E-state index in [1.807, 2.05) is 25.1 Å². The van der Waals surface area contributed by atoms with Crippen LogP contribution in [0.5, 0.6) is 0 Å². The smallest absolute Gasteiger partial charge is 0.337 e. The highest BCUT2D eigenvalue weighted by atomic mass is 35.5. The molecule has 146 valence electrons. The molecule has 2 aromatic carbocycles. The molecule has 3 aromatic rings. The van der Waals surface area contributed by atoms with E-state index in [1.54, 1.807) is 29.6 Å². The van der Waals surface area contributed by atoms with Crippen LogP contribution in [-0.4, -0.2) is 16.9 Å². The van der Waals surface area contributed by atoms with Gasteiger partial charge in [-0.05, 0) is 64.4 Å². The van der Waals surface area contributed by atoms with Crippen LogP contribution in [0.2, 0.25) is 10.0 Å². The molecule has 3 nitrogen and oxygen atoms in total. The molecule has 1 aliphatic rings. The third-order valence-electron chi connectivity index (χ3n) is 4.96. The van der Waals surface area contributed by atoms with Crippen molar-refractivity contribution < 1.29 is 14.7 Å². The predicted molar refractivity (Wildman–Crippen MR) is 118 cm³/mol. The summed E-state index contributed by atoms with van der Waals surface area (Å²) in [7, 11) is 0. The molecule has 0 fully saturated rings. The lowest BCUT2D eigenvalue weighted by Crippen LogP contribution is -2.09. The average molecular weight is 443 g/mol. The first kappa shape index (κ1) is 19.9. The molecule has 0 saturated heterocycles. The highest BCUT2D eigenvalue weighted by Crippen LogP contribution is 2.36. The van der Waals surface area contributed by atoms with E-state index in [9.17, 15) is 14.7 Å². The summed E-state index contributed by atoms with van der Waals surface area (Å²) < 4.78 is 0. The number of Topliss-reactive ketones (excluding diaryl/α,β-unsaturated/α-hetero) is 1. The fraction of sp³-hybridized carbons (Fsp3) is 0.130. The summed E-state index contributed by atoms with van der Waals surface area (Å²) in [5.41, 5.74) is 5.09. The van der Waals surface area contributed by atoms with Crippen LogP contribution >= 0.6 is 34.5 Å². The van der Waals surface area contributed by atoms with Crippen LogP contribution in [0.4, 0.5) is 0 Å². The van der Waals surface area contributed by atoms with Gasteiger partial charge in [-0.25, -0.2) is 4.79 Å². The van der Waals surface area contributed by atoms with Crippen LogP contribution < -0.4 is 0 Å². The summed E-state index contributed by atoms with van der Waals surface area (Å²) in [5, 5.41) is 12.7. The zero-order valence-electron chi connectivity index (χ0n) is 15.5. The Bertz CT molecular complexity index is 1170. The highest BCUT2D eigenvalue weighted by molar-refractivity contribution is 7.14. The summed E-state index contributed by atoms with van der Waals surface area (Å²) in [6.07, 6.45) is 2.39. The Labute approximate surface area is 182 Å². The number of ketones is 1. The van der Waals surface area contributed by atoms with E-state index >= 15 is 0 Å². The molecule has 0 amide bonds. The summed E-state index contributed by atoms with van der Waals surface area (Å²) in [4.78, 5) is 25.5. The Hall–Kier alpha value is -2.40. The van der Waals surface area contributed by atoms with Crippen LogP contribution in [0.15, 0.2) is 47.4 Å². The van der Waals surface area contributed by atoms with Crippen molar-refractivity contribution in [3.8, 4) is 10.4 Å². The molecule has 0 atom stereocenters. The van der Waals surface area contributed by atoms with E-state index in [-0.39, 0.29) is 17.8 Å². The predicted octanol–water partition coefficient (Wildman–Crippen LogP) is 6.48. The van der Waals surface area contributed by atoms with E-state index < -0.39 is 5.97 Å². The van der Waals surface area contributed by atoms with Gasteiger partial charge in [0.25, 0.3) is 0 Å². The van der Waals surface area contributed by atoms with Crippen molar-refractivity contribution in [1.82, 2.24) is 0 Å². The minimum atomic E-state index is -1.04. The Balaban J connectivity index is 1.63. The Kier molecular flexibility index (Phi) is 5.34. The second-order valence-electron chi connectivity index (χ2n) is 7.04. The molecule has 0 aliphatic heterocycles. The molecule has 4 rings (SSSR count). The number of carbonyl (C=O) groups is 2. The lowest BCUT2D eigenvalue weighted by molar-refractivity contribution is -0.114. The maximum Gasteiger partial charge on any atom is 0.337 e. The zero-order chi connectivity index (χ0) is 20.7. The molecule has 0 spiro atoms. The minimum absolute atomic E-state index is 0.0438. The number of carboxylic acids is 1. The van der Waals surface area contributed by atoms with Crippen molar-refractivity contribution in [3.05, 3.63) is 85.2 Å². The van der Waals surface area contributed by atoms with Gasteiger partial charge in [0, 0.05) is 33.3 Å². The quantitative estimate of drug-likeness (QED) is 0.491. The molecule has 0 bridgehead atoms. The molecular formula is C23H16Cl2O3S. The normalized spacial score (nSPS) is 12.6. The monoisotopic (exact) mass is 442 g/mol. The van der Waals surface area contributed by atoms with Crippen molar-refractivity contribution in [2.45, 2.75) is 19.8 Å². The highest BCUT2D eigenvalue weighted by Gasteiger charge is 2.25. The first-order valence-electron chi connectivity index (χ1n) is 8.96. The van der Waals surface area contributed by atoms with Crippen molar-refractivity contribution >= 4 is 52.4 Å². The SMILES string of the molecule is Cc1cc(Cl)c2c(c1)CC(C(=O)Cc1csc(-c3ccc(Cl)cc3)c1C(=O)O)=C2. The molecule has 29 heavy (non-hydrogen) atoms. The molecule has 0 saturated carbocycles. The topological polar surface area (TPSA) is 54.4 Å². The van der Waals surface area contributed by atoms with Gasteiger partial charge in [0.2, 0.25) is 0 Å². The van der Waals surface area contributed by atoms with E-state index in [1.165, 1.54) is 11.3 Å². The van der Waals surface area contributed by atoms with Gasteiger partial charge >= 0.3 is 5.97 Å². The standard InChI is InChI=1S/C23H16Cl2O3S/c1-12-6-14-8-15(9-18(14)19(25)7-12)20(26)10-16-11-29-22(21(16)23(27)28)13-2-4-17(24)5-3-13/h2-7,9,11H,8,10H2,1H3,(H,27,28). The fourth-order valence-corrected chi connectivity index (χ4v) is 5.14. The number of hydrogen-bond acceptors (Lipinski definition) is 3. The number of aryl methyl sites for hydroxylation is 1. The number of carboxylic acid groups (broad SMARTS) is 1. The van der Waals surface area contributed by atoms with Crippen LogP contribution in [0, 0.1) is 6.92 Å². The molecule has 0 radical (unpaired) electrons. The van der Waals surface area contributed by atoms with E-state index in [0.29, 0.717) is 32.5 Å². The van der Waals surface area contributed by atoms with Gasteiger partial charge < -0.3 is 5.11 Å². The first-order valence-corrected chi connectivity index (χ1v) is 10.6. The molecule has 1 aromatic heterocycles. The number of rotatable bonds is 5. The number of aromatic carboxylic acids is 1. The summed E-state index contributed by atoms with van der Waals surface area (Å²) in [6, 6.07) is 10.9. The number of thiophene rings is 1. The second kappa shape index (κ2) is 7.79. The van der Waals surface area contributed by atoms with Crippen molar-refractivity contribution in [1.29, 1.82) is 0 Å². The van der Waals surface area contributed by atoms with Gasteiger partial charge in [-0.1, -0.05) is 41.4 Å². The van der Waals surface area contributed by atoms with E-state index in [0.717, 1.165) is 22.3 Å². The van der Waals surface area contributed by atoms with Gasteiger partial charge in [-0.15, -0.1) is 11.3 Å². The largest absolute Gasteiger partial charge is 0.478 e. The fourth-order valence-electron chi connectivity index (χ4n) is 3.60. The number of fused-ring (bicyclic) bond motifs is 1. The van der Waals surface area contributed by atoms with Crippen molar-refractivity contribution in [2.75, 3.05) is 0 Å². The minimum Gasteiger partial charge on any atom is -0.478 e. The Morgan fingerprint density at radius 1 is 1.14 bits per heavy atom. The molecule has 6 heteroatoms. The van der Waals surface area contributed by atoms with E-state index in [2.05, 4.69) is 0 Å². The van der Waals surface area contributed by atoms with Gasteiger partial charge in [-0.2, -0.15) is 0 Å². The first-order chi connectivity index (χ1) is 13.8. The maximum absolute atomic E-state index is 12.9. The maximum atomic E-state index is 12.9. The number of halogens is 2. The molecule has 1 aliphatic carbocycles. The summed E-state index contributed by atoms with van der Waals surface area (Å²) in [5.74, 6) is -1.13. The zero-order valence-corrected chi connectivity index (χ0v) is 17.8. The van der Waals surface area contributed by atoms with Crippen LogP contribution in [0.3, 0.4) is 0 Å². The third kappa shape index (κ3) is 3.88. The van der Waals surface area contributed by atoms with Crippen molar-refractivity contribution in [2.24, 2.45) is 0 Å². The molecule has 1 heterocycles. The third-order valence-corrected chi connectivity index (χ3v) is 6.60. The Morgan fingerprint density at radius 3 is 2.55 bits per heavy atom. The van der Waals surface area contributed by atoms with Gasteiger partial charge in [0.1, 0.15) is 0 Å². The van der Waals surface area contributed by atoms with Crippen LogP contribution in [0.25, 0.3) is 16.5 Å². The summed E-state index contributed by atoms with van der Waals surface area (Å²) >= 11 is 13.6.